The zero-order valence-electron chi connectivity index (χ0n) is 8.13. The third-order valence-corrected chi connectivity index (χ3v) is 2.22. The van der Waals surface area contributed by atoms with Gasteiger partial charge in [0, 0.05) is 0 Å². The Bertz CT molecular complexity index is 336. The summed E-state index contributed by atoms with van der Waals surface area (Å²) >= 11 is 0. The fourth-order valence-electron chi connectivity index (χ4n) is 1.35. The van der Waals surface area contributed by atoms with Crippen LogP contribution in [0.25, 0.3) is 0 Å². The zero-order chi connectivity index (χ0) is 10.7. The van der Waals surface area contributed by atoms with Crippen LogP contribution in [-0.2, 0) is 20.9 Å². The molecule has 1 aliphatic heterocycles. The van der Waals surface area contributed by atoms with Gasteiger partial charge < -0.3 is 14.6 Å². The van der Waals surface area contributed by atoms with E-state index in [1.54, 1.807) is 0 Å². The molecule has 1 aromatic carbocycles. The molecule has 1 aliphatic rings. The molecule has 2 atom stereocenters. The third kappa shape index (κ3) is 2.78. The summed E-state index contributed by atoms with van der Waals surface area (Å²) in [5.74, 6) is -0.914. The topological polar surface area (TPSA) is 59.1 Å². The first-order chi connectivity index (χ1) is 7.27. The number of carboxylic acids is 1. The van der Waals surface area contributed by atoms with E-state index >= 15 is 0 Å². The molecule has 4 nitrogen and oxygen atoms in total. The van der Waals surface area contributed by atoms with Crippen molar-refractivity contribution in [1.29, 1.82) is 0 Å². The van der Waals surface area contributed by atoms with E-state index in [0.29, 0.717) is 13.2 Å². The van der Waals surface area contributed by atoms with Gasteiger partial charge in [0.1, 0.15) is 6.10 Å². The molecule has 0 radical (unpaired) electrons. The van der Waals surface area contributed by atoms with E-state index in [0.717, 1.165) is 5.56 Å². The van der Waals surface area contributed by atoms with Crippen molar-refractivity contribution in [2.45, 2.75) is 18.8 Å². The molecular weight excluding hydrogens is 196 g/mol. The fraction of sp³-hybridized carbons (Fsp3) is 0.364. The van der Waals surface area contributed by atoms with Gasteiger partial charge in [-0.1, -0.05) is 30.3 Å². The number of ether oxygens (including phenoxy) is 2. The summed E-state index contributed by atoms with van der Waals surface area (Å²) in [5, 5.41) is 8.56. The summed E-state index contributed by atoms with van der Waals surface area (Å²) in [7, 11) is 0. The number of hydrogen-bond donors (Lipinski definition) is 1. The highest BCUT2D eigenvalue weighted by molar-refractivity contribution is 5.75. The second-order valence-corrected chi connectivity index (χ2v) is 3.43. The molecule has 1 saturated heterocycles. The van der Waals surface area contributed by atoms with E-state index in [9.17, 15) is 4.79 Å². The quantitative estimate of drug-likeness (QED) is 0.735. The molecule has 1 fully saturated rings. The number of carbonyl (C=O) groups is 1. The average molecular weight is 208 g/mol. The number of carboxylic acid groups (broad SMARTS) is 1. The second kappa shape index (κ2) is 4.42. The van der Waals surface area contributed by atoms with Crippen molar-refractivity contribution >= 4 is 5.97 Å². The van der Waals surface area contributed by atoms with Crippen LogP contribution >= 0.6 is 0 Å². The Morgan fingerprint density at radius 2 is 2.13 bits per heavy atom. The van der Waals surface area contributed by atoms with Crippen LogP contribution in [0.1, 0.15) is 5.56 Å². The van der Waals surface area contributed by atoms with E-state index in [2.05, 4.69) is 0 Å². The SMILES string of the molecule is O=C(O)[C@@H]1O[C@H]1COCc1ccccc1. The van der Waals surface area contributed by atoms with E-state index in [-0.39, 0.29) is 6.10 Å². The lowest BCUT2D eigenvalue weighted by molar-refractivity contribution is -0.138. The largest absolute Gasteiger partial charge is 0.479 e. The number of aliphatic carboxylic acids is 1. The van der Waals surface area contributed by atoms with Crippen molar-refractivity contribution < 1.29 is 19.4 Å². The normalized spacial score (nSPS) is 23.7. The maximum atomic E-state index is 10.4. The molecule has 0 saturated carbocycles. The number of rotatable bonds is 5. The minimum absolute atomic E-state index is 0.272. The Morgan fingerprint density at radius 3 is 2.73 bits per heavy atom. The summed E-state index contributed by atoms with van der Waals surface area (Å²) in [4.78, 5) is 10.4. The first kappa shape index (κ1) is 10.1. The van der Waals surface area contributed by atoms with Crippen LogP contribution in [0.5, 0.6) is 0 Å². The van der Waals surface area contributed by atoms with E-state index in [4.69, 9.17) is 14.6 Å². The number of epoxide rings is 1. The standard InChI is InChI=1S/C11H12O4/c12-11(13)10-9(15-10)7-14-6-8-4-2-1-3-5-8/h1-5,9-10H,6-7H2,(H,12,13)/t9-,10+/m0/s1. The molecule has 0 aromatic heterocycles. The Kier molecular flexibility index (Phi) is 2.99. The molecule has 15 heavy (non-hydrogen) atoms. The molecule has 1 heterocycles. The number of hydrogen-bond acceptors (Lipinski definition) is 3. The van der Waals surface area contributed by atoms with Crippen LogP contribution in [0.3, 0.4) is 0 Å². The summed E-state index contributed by atoms with van der Waals surface area (Å²) in [6.45, 7) is 0.832. The van der Waals surface area contributed by atoms with Gasteiger partial charge in [-0.3, -0.25) is 0 Å². The predicted octanol–water partition coefficient (Wildman–Crippen LogP) is 1.06. The van der Waals surface area contributed by atoms with Crippen LogP contribution in [0.15, 0.2) is 30.3 Å². The van der Waals surface area contributed by atoms with Crippen molar-refractivity contribution in [3.8, 4) is 0 Å². The molecule has 1 N–H and O–H groups in total. The molecule has 0 amide bonds. The highest BCUT2D eigenvalue weighted by Crippen LogP contribution is 2.22. The van der Waals surface area contributed by atoms with Gasteiger partial charge in [0.25, 0.3) is 0 Å². The van der Waals surface area contributed by atoms with Crippen LogP contribution < -0.4 is 0 Å². The summed E-state index contributed by atoms with van der Waals surface area (Å²) < 4.78 is 10.2. The van der Waals surface area contributed by atoms with Gasteiger partial charge in [0.15, 0.2) is 6.10 Å². The van der Waals surface area contributed by atoms with Crippen LogP contribution in [0, 0.1) is 0 Å². The van der Waals surface area contributed by atoms with Gasteiger partial charge in [0.2, 0.25) is 0 Å². The molecule has 0 aliphatic carbocycles. The van der Waals surface area contributed by atoms with Gasteiger partial charge in [-0.05, 0) is 5.56 Å². The fourth-order valence-corrected chi connectivity index (χ4v) is 1.35. The highest BCUT2D eigenvalue weighted by Gasteiger charge is 2.45. The van der Waals surface area contributed by atoms with Crippen LogP contribution in [-0.4, -0.2) is 29.9 Å². The van der Waals surface area contributed by atoms with Gasteiger partial charge in [-0.2, -0.15) is 0 Å². The summed E-state index contributed by atoms with van der Waals surface area (Å²) in [6.07, 6.45) is -0.938. The highest BCUT2D eigenvalue weighted by atomic mass is 16.6. The Labute approximate surface area is 87.4 Å². The Morgan fingerprint density at radius 1 is 1.40 bits per heavy atom. The summed E-state index contributed by atoms with van der Waals surface area (Å²) in [5.41, 5.74) is 1.07. The van der Waals surface area contributed by atoms with Crippen molar-refractivity contribution in [3.63, 3.8) is 0 Å². The minimum Gasteiger partial charge on any atom is -0.479 e. The lowest BCUT2D eigenvalue weighted by atomic mass is 10.2. The molecule has 4 heteroatoms. The monoisotopic (exact) mass is 208 g/mol. The van der Waals surface area contributed by atoms with Crippen molar-refractivity contribution in [3.05, 3.63) is 35.9 Å². The maximum absolute atomic E-state index is 10.4. The molecule has 0 spiro atoms. The van der Waals surface area contributed by atoms with Crippen molar-refractivity contribution in [2.24, 2.45) is 0 Å². The van der Waals surface area contributed by atoms with Gasteiger partial charge in [-0.15, -0.1) is 0 Å². The predicted molar refractivity (Wildman–Crippen MR) is 52.4 cm³/mol. The second-order valence-electron chi connectivity index (χ2n) is 3.43. The van der Waals surface area contributed by atoms with Crippen LogP contribution in [0.2, 0.25) is 0 Å². The molecule has 80 valence electrons. The Balaban J connectivity index is 1.67. The molecular formula is C11H12O4. The lowest BCUT2D eigenvalue weighted by Gasteiger charge is -2.01. The smallest absolute Gasteiger partial charge is 0.335 e. The van der Waals surface area contributed by atoms with E-state index < -0.39 is 12.1 Å². The van der Waals surface area contributed by atoms with Gasteiger partial charge >= 0.3 is 5.97 Å². The molecule has 0 bridgehead atoms. The van der Waals surface area contributed by atoms with Crippen molar-refractivity contribution in [1.82, 2.24) is 0 Å². The van der Waals surface area contributed by atoms with E-state index in [1.165, 1.54) is 0 Å². The zero-order valence-corrected chi connectivity index (χ0v) is 8.13. The maximum Gasteiger partial charge on any atom is 0.335 e. The lowest BCUT2D eigenvalue weighted by Crippen LogP contribution is -2.12. The van der Waals surface area contributed by atoms with Gasteiger partial charge in [-0.25, -0.2) is 4.79 Å². The third-order valence-electron chi connectivity index (χ3n) is 2.22. The van der Waals surface area contributed by atoms with Gasteiger partial charge in [0.05, 0.1) is 13.2 Å². The average Bonchev–Trinajstić information content (AvgIpc) is 2.99. The minimum atomic E-state index is -0.914. The summed E-state index contributed by atoms with van der Waals surface area (Å²) in [6, 6.07) is 9.73. The molecule has 1 aromatic rings. The Hall–Kier alpha value is -1.39. The molecule has 2 rings (SSSR count). The first-order valence-corrected chi connectivity index (χ1v) is 4.77. The van der Waals surface area contributed by atoms with Crippen molar-refractivity contribution in [2.75, 3.05) is 6.61 Å². The van der Waals surface area contributed by atoms with Crippen LogP contribution in [0.4, 0.5) is 0 Å². The first-order valence-electron chi connectivity index (χ1n) is 4.77. The number of benzene rings is 1. The molecule has 0 unspecified atom stereocenters. The van der Waals surface area contributed by atoms with E-state index in [1.807, 2.05) is 30.3 Å².